The van der Waals surface area contributed by atoms with Crippen molar-refractivity contribution in [2.75, 3.05) is 10.0 Å². The third kappa shape index (κ3) is 2.92. The fourth-order valence-electron chi connectivity index (χ4n) is 2.59. The lowest BCUT2D eigenvalue weighted by Gasteiger charge is -2.14. The molecule has 1 amide bonds. The smallest absolute Gasteiger partial charge is 0.262 e. The van der Waals surface area contributed by atoms with E-state index in [1.54, 1.807) is 44.2 Å². The maximum atomic E-state index is 12.7. The summed E-state index contributed by atoms with van der Waals surface area (Å²) < 4.78 is 28.0. The highest BCUT2D eigenvalue weighted by Gasteiger charge is 2.24. The van der Waals surface area contributed by atoms with Gasteiger partial charge in [0, 0.05) is 16.3 Å². The van der Waals surface area contributed by atoms with Crippen molar-refractivity contribution < 1.29 is 13.2 Å². The summed E-state index contributed by atoms with van der Waals surface area (Å²) in [6.45, 7) is 3.45. The molecule has 0 saturated carbocycles. The van der Waals surface area contributed by atoms with Gasteiger partial charge in [0.15, 0.2) is 0 Å². The van der Waals surface area contributed by atoms with Crippen molar-refractivity contribution in [3.63, 3.8) is 0 Å². The summed E-state index contributed by atoms with van der Waals surface area (Å²) in [5, 5.41) is 3.22. The van der Waals surface area contributed by atoms with Crippen LogP contribution in [0.5, 0.6) is 0 Å². The highest BCUT2D eigenvalue weighted by molar-refractivity contribution is 7.92. The zero-order valence-corrected chi connectivity index (χ0v) is 14.2. The van der Waals surface area contributed by atoms with Crippen molar-refractivity contribution >= 4 is 38.9 Å². The largest absolute Gasteiger partial charge is 0.325 e. The standard InChI is InChI=1S/C16H15ClN2O3S/c1-9-7-15(10(2)6-12(9)17)23(21,22)19-14-5-3-4-13-11(14)8-16(20)18-13/h3-7,19H,8H2,1-2H3,(H,18,20). The molecule has 2 aromatic rings. The molecule has 2 N–H and O–H groups in total. The summed E-state index contributed by atoms with van der Waals surface area (Å²) in [6.07, 6.45) is 0.159. The minimum Gasteiger partial charge on any atom is -0.325 e. The van der Waals surface area contributed by atoms with Crippen LogP contribution in [0.25, 0.3) is 0 Å². The number of aryl methyl sites for hydroxylation is 2. The van der Waals surface area contributed by atoms with E-state index in [0.29, 0.717) is 33.1 Å². The van der Waals surface area contributed by atoms with Crippen LogP contribution in [0.1, 0.15) is 16.7 Å². The van der Waals surface area contributed by atoms with Gasteiger partial charge in [-0.3, -0.25) is 9.52 Å². The van der Waals surface area contributed by atoms with E-state index in [-0.39, 0.29) is 17.2 Å². The van der Waals surface area contributed by atoms with E-state index in [0.717, 1.165) is 0 Å². The SMILES string of the molecule is Cc1cc(S(=O)(=O)Nc2cccc3c2CC(=O)N3)c(C)cc1Cl. The number of rotatable bonds is 3. The van der Waals surface area contributed by atoms with E-state index in [1.807, 2.05) is 0 Å². The zero-order chi connectivity index (χ0) is 16.8. The van der Waals surface area contributed by atoms with Gasteiger partial charge in [-0.25, -0.2) is 8.42 Å². The predicted molar refractivity (Wildman–Crippen MR) is 90.5 cm³/mol. The number of carbonyl (C=O) groups excluding carboxylic acids is 1. The van der Waals surface area contributed by atoms with Crippen LogP contribution >= 0.6 is 11.6 Å². The Bertz CT molecular complexity index is 923. The summed E-state index contributed by atoms with van der Waals surface area (Å²) in [6, 6.07) is 8.27. The van der Waals surface area contributed by atoms with Gasteiger partial charge in [-0.05, 0) is 49.2 Å². The number of anilines is 2. The summed E-state index contributed by atoms with van der Waals surface area (Å²) >= 11 is 6.03. The molecule has 0 atom stereocenters. The van der Waals surface area contributed by atoms with Gasteiger partial charge in [0.05, 0.1) is 17.0 Å². The molecule has 0 saturated heterocycles. The molecule has 3 rings (SSSR count). The topological polar surface area (TPSA) is 75.3 Å². The number of nitrogens with one attached hydrogen (secondary N) is 2. The Kier molecular flexibility index (Phi) is 3.82. The highest BCUT2D eigenvalue weighted by Crippen LogP contribution is 2.32. The zero-order valence-electron chi connectivity index (χ0n) is 12.6. The minimum atomic E-state index is -3.77. The number of carbonyl (C=O) groups is 1. The van der Waals surface area contributed by atoms with Crippen LogP contribution < -0.4 is 10.0 Å². The van der Waals surface area contributed by atoms with Gasteiger partial charge in [0.1, 0.15) is 0 Å². The molecule has 0 radical (unpaired) electrons. The maximum absolute atomic E-state index is 12.7. The summed E-state index contributed by atoms with van der Waals surface area (Å²) in [5.41, 5.74) is 2.96. The average molecular weight is 351 g/mol. The number of hydrogen-bond acceptors (Lipinski definition) is 3. The molecule has 0 aromatic heterocycles. The lowest BCUT2D eigenvalue weighted by atomic mass is 10.1. The van der Waals surface area contributed by atoms with Crippen LogP contribution in [-0.2, 0) is 21.2 Å². The summed E-state index contributed by atoms with van der Waals surface area (Å²) in [5.74, 6) is -0.148. The van der Waals surface area contributed by atoms with Crippen LogP contribution in [0.4, 0.5) is 11.4 Å². The van der Waals surface area contributed by atoms with Crippen LogP contribution in [0, 0.1) is 13.8 Å². The van der Waals surface area contributed by atoms with Crippen LogP contribution in [0.15, 0.2) is 35.2 Å². The maximum Gasteiger partial charge on any atom is 0.262 e. The fraction of sp³-hybridized carbons (Fsp3) is 0.188. The fourth-order valence-corrected chi connectivity index (χ4v) is 4.21. The van der Waals surface area contributed by atoms with Gasteiger partial charge >= 0.3 is 0 Å². The third-order valence-corrected chi connectivity index (χ3v) is 5.69. The van der Waals surface area contributed by atoms with E-state index in [2.05, 4.69) is 10.0 Å². The molecule has 1 aliphatic heterocycles. The molecule has 120 valence electrons. The second-order valence-electron chi connectivity index (χ2n) is 5.53. The Morgan fingerprint density at radius 3 is 2.65 bits per heavy atom. The number of hydrogen-bond donors (Lipinski definition) is 2. The molecule has 7 heteroatoms. The Balaban J connectivity index is 2.02. The van der Waals surface area contributed by atoms with Gasteiger partial charge in [-0.2, -0.15) is 0 Å². The normalized spacial score (nSPS) is 13.6. The van der Waals surface area contributed by atoms with Crippen molar-refractivity contribution in [1.82, 2.24) is 0 Å². The monoisotopic (exact) mass is 350 g/mol. The second-order valence-corrected chi connectivity index (χ2v) is 7.59. The Morgan fingerprint density at radius 2 is 1.91 bits per heavy atom. The molecule has 2 aromatic carbocycles. The first-order valence-electron chi connectivity index (χ1n) is 6.99. The molecule has 0 spiro atoms. The average Bonchev–Trinajstić information content (AvgIpc) is 2.84. The molecule has 1 aliphatic rings. The summed E-state index contributed by atoms with van der Waals surface area (Å²) in [4.78, 5) is 11.7. The van der Waals surface area contributed by atoms with Crippen molar-refractivity contribution in [2.24, 2.45) is 0 Å². The van der Waals surface area contributed by atoms with Crippen molar-refractivity contribution in [1.29, 1.82) is 0 Å². The number of fused-ring (bicyclic) bond motifs is 1. The second kappa shape index (κ2) is 5.54. The van der Waals surface area contributed by atoms with E-state index in [1.165, 1.54) is 0 Å². The number of sulfonamides is 1. The lowest BCUT2D eigenvalue weighted by molar-refractivity contribution is -0.115. The third-order valence-electron chi connectivity index (χ3n) is 3.78. The van der Waals surface area contributed by atoms with E-state index in [4.69, 9.17) is 11.6 Å². The van der Waals surface area contributed by atoms with Crippen LogP contribution in [-0.4, -0.2) is 14.3 Å². The van der Waals surface area contributed by atoms with Crippen molar-refractivity contribution in [3.05, 3.63) is 52.0 Å². The first-order valence-corrected chi connectivity index (χ1v) is 8.85. The van der Waals surface area contributed by atoms with E-state index < -0.39 is 10.0 Å². The molecule has 0 unspecified atom stereocenters. The van der Waals surface area contributed by atoms with Crippen molar-refractivity contribution in [3.8, 4) is 0 Å². The van der Waals surface area contributed by atoms with Gasteiger partial charge in [-0.15, -0.1) is 0 Å². The van der Waals surface area contributed by atoms with Crippen LogP contribution in [0.3, 0.4) is 0 Å². The molecule has 0 fully saturated rings. The number of amides is 1. The van der Waals surface area contributed by atoms with Gasteiger partial charge < -0.3 is 5.32 Å². The number of halogens is 1. The van der Waals surface area contributed by atoms with E-state index >= 15 is 0 Å². The van der Waals surface area contributed by atoms with E-state index in [9.17, 15) is 13.2 Å². The van der Waals surface area contributed by atoms with Gasteiger partial charge in [-0.1, -0.05) is 17.7 Å². The Labute approximate surface area is 139 Å². The molecular weight excluding hydrogens is 336 g/mol. The quantitative estimate of drug-likeness (QED) is 0.892. The highest BCUT2D eigenvalue weighted by atomic mass is 35.5. The molecule has 0 aliphatic carbocycles. The number of benzene rings is 2. The predicted octanol–water partition coefficient (Wildman–Crippen LogP) is 3.25. The molecule has 1 heterocycles. The van der Waals surface area contributed by atoms with Crippen molar-refractivity contribution in [2.45, 2.75) is 25.2 Å². The molecular formula is C16H15ClN2O3S. The van der Waals surface area contributed by atoms with Gasteiger partial charge in [0.25, 0.3) is 10.0 Å². The lowest BCUT2D eigenvalue weighted by Crippen LogP contribution is -2.15. The Hall–Kier alpha value is -2.05. The molecule has 23 heavy (non-hydrogen) atoms. The first kappa shape index (κ1) is 15.8. The molecule has 0 bridgehead atoms. The van der Waals surface area contributed by atoms with Crippen LogP contribution in [0.2, 0.25) is 5.02 Å². The minimum absolute atomic E-state index is 0.148. The Morgan fingerprint density at radius 1 is 1.17 bits per heavy atom. The first-order chi connectivity index (χ1) is 10.8. The van der Waals surface area contributed by atoms with Gasteiger partial charge in [0.2, 0.25) is 5.91 Å². The molecule has 5 nitrogen and oxygen atoms in total. The summed E-state index contributed by atoms with van der Waals surface area (Å²) in [7, 11) is -3.77.